The predicted molar refractivity (Wildman–Crippen MR) is 103 cm³/mol. The number of carbonyl (C=O) groups excluding carboxylic acids is 2. The van der Waals surface area contributed by atoms with E-state index in [0.717, 1.165) is 11.1 Å². The number of rotatable bonds is 3. The van der Waals surface area contributed by atoms with Gasteiger partial charge in [-0.15, -0.1) is 0 Å². The zero-order valence-electron chi connectivity index (χ0n) is 15.6. The van der Waals surface area contributed by atoms with Gasteiger partial charge in [0.15, 0.2) is 0 Å². The molecule has 2 aromatic rings. The first-order chi connectivity index (χ1) is 13.2. The lowest BCUT2D eigenvalue weighted by Gasteiger charge is -2.39. The fraction of sp³-hybridized carbons (Fsp3) is 0.286. The summed E-state index contributed by atoms with van der Waals surface area (Å²) in [4.78, 5) is 25.0. The van der Waals surface area contributed by atoms with Crippen molar-refractivity contribution in [2.24, 2.45) is 11.7 Å². The number of hydrogen-bond donors (Lipinski definition) is 3. The van der Waals surface area contributed by atoms with Crippen molar-refractivity contribution in [3.05, 3.63) is 58.1 Å². The first kappa shape index (κ1) is 19.4. The normalized spacial score (nSPS) is 18.3. The number of phenolic OH excluding ortho intramolecular Hbond substituents is 1. The van der Waals surface area contributed by atoms with Crippen LogP contribution >= 0.6 is 0 Å². The number of aliphatic hydroxyl groups is 1. The highest BCUT2D eigenvalue weighted by molar-refractivity contribution is 5.96. The predicted octanol–water partition coefficient (Wildman–Crippen LogP) is 1.76. The van der Waals surface area contributed by atoms with Crippen molar-refractivity contribution in [1.82, 2.24) is 0 Å². The molecular formula is C21H21N3O4. The quantitative estimate of drug-likeness (QED) is 0.749. The molecule has 2 aromatic carbocycles. The zero-order valence-corrected chi connectivity index (χ0v) is 15.6. The number of benzene rings is 2. The molecule has 28 heavy (non-hydrogen) atoms. The molecule has 1 heterocycles. The Balaban J connectivity index is 2.03. The third-order valence-corrected chi connectivity index (χ3v) is 5.23. The molecule has 2 amide bonds. The minimum atomic E-state index is -1.07. The fourth-order valence-electron chi connectivity index (χ4n) is 3.73. The van der Waals surface area contributed by atoms with Gasteiger partial charge in [-0.3, -0.25) is 14.5 Å². The minimum Gasteiger partial charge on any atom is -0.508 e. The highest BCUT2D eigenvalue weighted by Crippen LogP contribution is 2.36. The Morgan fingerprint density at radius 1 is 1.32 bits per heavy atom. The number of phenols is 1. The second kappa shape index (κ2) is 7.33. The van der Waals surface area contributed by atoms with Crippen molar-refractivity contribution in [3.63, 3.8) is 0 Å². The van der Waals surface area contributed by atoms with E-state index in [1.165, 1.54) is 24.0 Å². The van der Waals surface area contributed by atoms with Gasteiger partial charge in [-0.25, -0.2) is 0 Å². The third-order valence-electron chi connectivity index (χ3n) is 5.23. The van der Waals surface area contributed by atoms with Crippen LogP contribution in [-0.4, -0.2) is 28.3 Å². The second-order valence-corrected chi connectivity index (χ2v) is 7.07. The summed E-state index contributed by atoms with van der Waals surface area (Å²) in [6.07, 6.45) is -0.310. The summed E-state index contributed by atoms with van der Waals surface area (Å²) in [6.45, 7) is 3.10. The molecule has 0 saturated carbocycles. The van der Waals surface area contributed by atoms with E-state index in [1.54, 1.807) is 25.1 Å². The van der Waals surface area contributed by atoms with Crippen LogP contribution in [0.1, 0.15) is 39.5 Å². The Kier molecular flexibility index (Phi) is 5.08. The number of nitrogens with zero attached hydrogens (tertiary/aromatic N) is 2. The van der Waals surface area contributed by atoms with E-state index in [9.17, 15) is 19.8 Å². The first-order valence-electron chi connectivity index (χ1n) is 8.86. The van der Waals surface area contributed by atoms with Crippen LogP contribution in [0.2, 0.25) is 0 Å². The summed E-state index contributed by atoms with van der Waals surface area (Å²) in [7, 11) is 0. The number of aliphatic hydroxyl groups excluding tert-OH is 1. The van der Waals surface area contributed by atoms with Crippen LogP contribution in [0.3, 0.4) is 0 Å². The van der Waals surface area contributed by atoms with E-state index < -0.39 is 12.1 Å². The van der Waals surface area contributed by atoms with Crippen LogP contribution in [0, 0.1) is 24.2 Å². The smallest absolute Gasteiger partial charge is 0.248 e. The number of anilines is 1. The van der Waals surface area contributed by atoms with Gasteiger partial charge in [-0.05, 0) is 66.8 Å². The van der Waals surface area contributed by atoms with Gasteiger partial charge in [-0.1, -0.05) is 0 Å². The molecule has 0 radical (unpaired) electrons. The second-order valence-electron chi connectivity index (χ2n) is 7.07. The van der Waals surface area contributed by atoms with E-state index >= 15 is 0 Å². The lowest BCUT2D eigenvalue weighted by atomic mass is 9.84. The maximum Gasteiger partial charge on any atom is 0.248 e. The number of nitriles is 1. The molecule has 7 nitrogen and oxygen atoms in total. The van der Waals surface area contributed by atoms with Crippen molar-refractivity contribution in [2.45, 2.75) is 32.9 Å². The van der Waals surface area contributed by atoms with Crippen LogP contribution in [0.4, 0.5) is 5.69 Å². The SMILES string of the molecule is CC(=O)N1c2ccc(C(N)=O)cc2C[C@@H](Cc2cc(C#N)cc(O)c2C)[C@@H]1O. The molecular weight excluding hydrogens is 358 g/mol. The fourth-order valence-corrected chi connectivity index (χ4v) is 3.73. The van der Waals surface area contributed by atoms with E-state index in [4.69, 9.17) is 11.0 Å². The van der Waals surface area contributed by atoms with Gasteiger partial charge in [0.2, 0.25) is 11.8 Å². The van der Waals surface area contributed by atoms with Crippen molar-refractivity contribution >= 4 is 17.5 Å². The number of aromatic hydroxyl groups is 1. The molecule has 0 aliphatic carbocycles. The Hall–Kier alpha value is -3.37. The molecule has 0 aromatic heterocycles. The standard InChI is InChI=1S/C21H21N3O4/c1-11-15(5-13(10-22)6-19(11)26)8-17-9-16-7-14(20(23)27)3-4-18(16)24(12(2)25)21(17)28/h3-7,17,21,26,28H,8-9H2,1-2H3,(H2,23,27)/t17-,21+/m1/s1. The molecule has 0 fully saturated rings. The molecule has 0 bridgehead atoms. The van der Waals surface area contributed by atoms with Gasteiger partial charge in [0.05, 0.1) is 11.6 Å². The van der Waals surface area contributed by atoms with Crippen LogP contribution in [0.15, 0.2) is 30.3 Å². The van der Waals surface area contributed by atoms with E-state index in [0.29, 0.717) is 35.2 Å². The molecule has 0 unspecified atom stereocenters. The Bertz CT molecular complexity index is 1010. The van der Waals surface area contributed by atoms with E-state index in [2.05, 4.69) is 0 Å². The highest BCUT2D eigenvalue weighted by Gasteiger charge is 2.36. The Morgan fingerprint density at radius 3 is 2.64 bits per heavy atom. The molecule has 7 heteroatoms. The summed E-state index contributed by atoms with van der Waals surface area (Å²) >= 11 is 0. The summed E-state index contributed by atoms with van der Waals surface area (Å²) < 4.78 is 0. The lowest BCUT2D eigenvalue weighted by molar-refractivity contribution is -0.119. The van der Waals surface area contributed by atoms with Crippen LogP contribution in [0.5, 0.6) is 5.75 Å². The van der Waals surface area contributed by atoms with Gasteiger partial charge in [0.1, 0.15) is 12.0 Å². The number of carbonyl (C=O) groups is 2. The van der Waals surface area contributed by atoms with Gasteiger partial charge in [0, 0.05) is 24.1 Å². The maximum atomic E-state index is 12.2. The number of primary amides is 1. The molecule has 4 N–H and O–H groups in total. The molecule has 1 aliphatic heterocycles. The molecule has 144 valence electrons. The summed E-state index contributed by atoms with van der Waals surface area (Å²) in [5, 5.41) is 30.1. The summed E-state index contributed by atoms with van der Waals surface area (Å²) in [6, 6.07) is 9.87. The van der Waals surface area contributed by atoms with Crippen LogP contribution < -0.4 is 10.6 Å². The van der Waals surface area contributed by atoms with Gasteiger partial charge >= 0.3 is 0 Å². The molecule has 2 atom stereocenters. The van der Waals surface area contributed by atoms with E-state index in [1.807, 2.05) is 6.07 Å². The van der Waals surface area contributed by atoms with Crippen molar-refractivity contribution in [1.29, 1.82) is 5.26 Å². The number of hydrogen-bond acceptors (Lipinski definition) is 5. The van der Waals surface area contributed by atoms with Crippen molar-refractivity contribution < 1.29 is 19.8 Å². The largest absolute Gasteiger partial charge is 0.508 e. The highest BCUT2D eigenvalue weighted by atomic mass is 16.3. The molecule has 0 saturated heterocycles. The summed E-state index contributed by atoms with van der Waals surface area (Å²) in [5.41, 5.74) is 8.65. The Labute approximate surface area is 162 Å². The molecule has 3 rings (SSSR count). The van der Waals surface area contributed by atoms with E-state index in [-0.39, 0.29) is 17.6 Å². The number of fused-ring (bicyclic) bond motifs is 1. The van der Waals surface area contributed by atoms with Crippen LogP contribution in [0.25, 0.3) is 0 Å². The summed E-state index contributed by atoms with van der Waals surface area (Å²) in [5.74, 6) is -1.26. The van der Waals surface area contributed by atoms with Gasteiger partial charge in [0.25, 0.3) is 0 Å². The van der Waals surface area contributed by atoms with Gasteiger partial charge in [-0.2, -0.15) is 5.26 Å². The first-order valence-corrected chi connectivity index (χ1v) is 8.86. The average Bonchev–Trinajstić information content (AvgIpc) is 2.64. The monoisotopic (exact) mass is 379 g/mol. The van der Waals surface area contributed by atoms with Crippen molar-refractivity contribution in [3.8, 4) is 11.8 Å². The third kappa shape index (κ3) is 3.42. The lowest BCUT2D eigenvalue weighted by Crippen LogP contribution is -2.48. The van der Waals surface area contributed by atoms with Crippen LogP contribution in [-0.2, 0) is 17.6 Å². The number of amides is 2. The zero-order chi connectivity index (χ0) is 20.6. The van der Waals surface area contributed by atoms with Crippen molar-refractivity contribution in [2.75, 3.05) is 4.90 Å². The van der Waals surface area contributed by atoms with Gasteiger partial charge < -0.3 is 15.9 Å². The minimum absolute atomic E-state index is 0.0131. The maximum absolute atomic E-state index is 12.2. The Morgan fingerprint density at radius 2 is 2.04 bits per heavy atom. The molecule has 1 aliphatic rings. The average molecular weight is 379 g/mol. The number of nitrogens with two attached hydrogens (primary N) is 1. The topological polar surface area (TPSA) is 128 Å². The molecule has 0 spiro atoms.